The largest absolute Gasteiger partial charge is 0.314 e. The Morgan fingerprint density at radius 3 is 2.30 bits per heavy atom. The summed E-state index contributed by atoms with van der Waals surface area (Å²) >= 11 is 0. The van der Waals surface area contributed by atoms with Gasteiger partial charge in [0.15, 0.2) is 0 Å². The summed E-state index contributed by atoms with van der Waals surface area (Å²) in [5.41, 5.74) is 0. The average molecular weight is 280 g/mol. The molecule has 0 heterocycles. The van der Waals surface area contributed by atoms with Gasteiger partial charge in [-0.05, 0) is 68.9 Å². The first kappa shape index (κ1) is 16.3. The van der Waals surface area contributed by atoms with Crippen LogP contribution in [-0.2, 0) is 0 Å². The first-order valence-corrected chi connectivity index (χ1v) is 8.93. The van der Waals surface area contributed by atoms with E-state index in [-0.39, 0.29) is 0 Å². The first-order chi connectivity index (χ1) is 9.51. The standard InChI is InChI=1S/C18H36N2/c1-6-7-19-18-9-13(2)8-15(4)17(18)12-20(5)11-16-10-14(16)3/h13-19H,6-12H2,1-5H3. The van der Waals surface area contributed by atoms with Gasteiger partial charge in [0.05, 0.1) is 0 Å². The Bertz CT molecular complexity index is 291. The van der Waals surface area contributed by atoms with Crippen LogP contribution >= 0.6 is 0 Å². The van der Waals surface area contributed by atoms with Crippen LogP contribution in [0.3, 0.4) is 0 Å². The van der Waals surface area contributed by atoms with Crippen LogP contribution in [0.15, 0.2) is 0 Å². The second-order valence-electron chi connectivity index (χ2n) is 7.97. The van der Waals surface area contributed by atoms with Crippen molar-refractivity contribution in [2.75, 3.05) is 26.7 Å². The highest BCUT2D eigenvalue weighted by atomic mass is 15.1. The SMILES string of the molecule is CCCNC1CC(C)CC(C)C1CN(C)CC1CC1C. The van der Waals surface area contributed by atoms with Gasteiger partial charge in [-0.25, -0.2) is 0 Å². The third-order valence-corrected chi connectivity index (χ3v) is 5.68. The van der Waals surface area contributed by atoms with Crippen molar-refractivity contribution in [2.45, 2.75) is 59.4 Å². The monoisotopic (exact) mass is 280 g/mol. The molecule has 118 valence electrons. The van der Waals surface area contributed by atoms with Crippen LogP contribution in [0.5, 0.6) is 0 Å². The summed E-state index contributed by atoms with van der Waals surface area (Å²) < 4.78 is 0. The van der Waals surface area contributed by atoms with E-state index < -0.39 is 0 Å². The molecule has 0 aromatic rings. The van der Waals surface area contributed by atoms with Gasteiger partial charge in [0, 0.05) is 19.1 Å². The van der Waals surface area contributed by atoms with Gasteiger partial charge in [0.2, 0.25) is 0 Å². The Kier molecular flexibility index (Phi) is 5.92. The van der Waals surface area contributed by atoms with Crippen LogP contribution in [0, 0.1) is 29.6 Å². The average Bonchev–Trinajstić information content (AvgIpc) is 3.05. The Morgan fingerprint density at radius 1 is 1.00 bits per heavy atom. The third kappa shape index (κ3) is 4.46. The van der Waals surface area contributed by atoms with Gasteiger partial charge in [0.1, 0.15) is 0 Å². The zero-order valence-corrected chi connectivity index (χ0v) is 14.4. The highest BCUT2D eigenvalue weighted by molar-refractivity contribution is 4.90. The number of hydrogen-bond donors (Lipinski definition) is 1. The molecule has 0 aliphatic heterocycles. The molecule has 0 aromatic carbocycles. The molecule has 6 atom stereocenters. The van der Waals surface area contributed by atoms with Crippen LogP contribution in [-0.4, -0.2) is 37.6 Å². The molecule has 0 bridgehead atoms. The summed E-state index contributed by atoms with van der Waals surface area (Å²) in [5, 5.41) is 3.84. The number of hydrogen-bond acceptors (Lipinski definition) is 2. The van der Waals surface area contributed by atoms with E-state index in [4.69, 9.17) is 0 Å². The number of rotatable bonds is 7. The van der Waals surface area contributed by atoms with Gasteiger partial charge in [0.25, 0.3) is 0 Å². The van der Waals surface area contributed by atoms with Crippen LogP contribution in [0.1, 0.15) is 53.4 Å². The summed E-state index contributed by atoms with van der Waals surface area (Å²) in [6, 6.07) is 0.743. The summed E-state index contributed by atoms with van der Waals surface area (Å²) in [6.07, 6.45) is 5.51. The van der Waals surface area contributed by atoms with Gasteiger partial charge in [-0.2, -0.15) is 0 Å². The molecule has 2 fully saturated rings. The summed E-state index contributed by atoms with van der Waals surface area (Å²) in [6.45, 7) is 13.4. The minimum absolute atomic E-state index is 0.743. The third-order valence-electron chi connectivity index (χ3n) is 5.68. The van der Waals surface area contributed by atoms with Crippen molar-refractivity contribution >= 4 is 0 Å². The molecular formula is C18H36N2. The molecule has 0 saturated heterocycles. The Morgan fingerprint density at radius 2 is 1.70 bits per heavy atom. The zero-order chi connectivity index (χ0) is 14.7. The van der Waals surface area contributed by atoms with E-state index in [1.807, 2.05) is 0 Å². The van der Waals surface area contributed by atoms with Crippen molar-refractivity contribution in [3.63, 3.8) is 0 Å². The van der Waals surface area contributed by atoms with Crippen molar-refractivity contribution in [2.24, 2.45) is 29.6 Å². The maximum atomic E-state index is 3.84. The fraction of sp³-hybridized carbons (Fsp3) is 1.00. The van der Waals surface area contributed by atoms with Crippen LogP contribution in [0.25, 0.3) is 0 Å². The fourth-order valence-electron chi connectivity index (χ4n) is 4.27. The predicted octanol–water partition coefficient (Wildman–Crippen LogP) is 3.62. The second-order valence-corrected chi connectivity index (χ2v) is 7.97. The van der Waals surface area contributed by atoms with Crippen molar-refractivity contribution in [3.8, 4) is 0 Å². The Labute approximate surface area is 126 Å². The molecule has 0 spiro atoms. The molecule has 2 aliphatic carbocycles. The van der Waals surface area contributed by atoms with E-state index in [9.17, 15) is 0 Å². The smallest absolute Gasteiger partial charge is 0.0113 e. The maximum absolute atomic E-state index is 3.84. The highest BCUT2D eigenvalue weighted by Gasteiger charge is 2.37. The lowest BCUT2D eigenvalue weighted by Crippen LogP contribution is -2.49. The molecule has 0 radical (unpaired) electrons. The lowest BCUT2D eigenvalue weighted by atomic mass is 9.72. The molecule has 2 rings (SSSR count). The Balaban J connectivity index is 1.86. The van der Waals surface area contributed by atoms with Gasteiger partial charge < -0.3 is 10.2 Å². The summed E-state index contributed by atoms with van der Waals surface area (Å²) in [7, 11) is 2.34. The molecular weight excluding hydrogens is 244 g/mol. The van der Waals surface area contributed by atoms with E-state index in [0.29, 0.717) is 0 Å². The lowest BCUT2D eigenvalue weighted by Gasteiger charge is -2.42. The van der Waals surface area contributed by atoms with Gasteiger partial charge in [-0.1, -0.05) is 27.7 Å². The molecule has 6 unspecified atom stereocenters. The van der Waals surface area contributed by atoms with Crippen molar-refractivity contribution in [3.05, 3.63) is 0 Å². The van der Waals surface area contributed by atoms with Crippen LogP contribution in [0.4, 0.5) is 0 Å². The zero-order valence-electron chi connectivity index (χ0n) is 14.4. The molecule has 2 nitrogen and oxygen atoms in total. The summed E-state index contributed by atoms with van der Waals surface area (Å²) in [4.78, 5) is 2.62. The van der Waals surface area contributed by atoms with Crippen molar-refractivity contribution in [1.82, 2.24) is 10.2 Å². The maximum Gasteiger partial charge on any atom is 0.0113 e. The van der Waals surface area contributed by atoms with E-state index in [1.165, 1.54) is 45.3 Å². The molecule has 2 aliphatic rings. The van der Waals surface area contributed by atoms with Crippen LogP contribution in [0.2, 0.25) is 0 Å². The molecule has 1 N–H and O–H groups in total. The van der Waals surface area contributed by atoms with Gasteiger partial charge in [-0.15, -0.1) is 0 Å². The van der Waals surface area contributed by atoms with E-state index >= 15 is 0 Å². The normalized spacial score (nSPS) is 41.1. The van der Waals surface area contributed by atoms with Gasteiger partial charge in [-0.3, -0.25) is 0 Å². The first-order valence-electron chi connectivity index (χ1n) is 8.93. The minimum Gasteiger partial charge on any atom is -0.314 e. The second kappa shape index (κ2) is 7.26. The quantitative estimate of drug-likeness (QED) is 0.766. The fourth-order valence-corrected chi connectivity index (χ4v) is 4.27. The Hall–Kier alpha value is -0.0800. The van der Waals surface area contributed by atoms with Crippen molar-refractivity contribution in [1.29, 1.82) is 0 Å². The molecule has 0 amide bonds. The molecule has 0 aromatic heterocycles. The molecule has 2 heteroatoms. The summed E-state index contributed by atoms with van der Waals surface area (Å²) in [5.74, 6) is 4.57. The van der Waals surface area contributed by atoms with E-state index in [1.54, 1.807) is 0 Å². The van der Waals surface area contributed by atoms with Gasteiger partial charge >= 0.3 is 0 Å². The van der Waals surface area contributed by atoms with E-state index in [0.717, 1.165) is 35.6 Å². The van der Waals surface area contributed by atoms with Crippen LogP contribution < -0.4 is 5.32 Å². The topological polar surface area (TPSA) is 15.3 Å². The number of nitrogens with zero attached hydrogens (tertiary/aromatic N) is 1. The van der Waals surface area contributed by atoms with Crippen molar-refractivity contribution < 1.29 is 0 Å². The number of nitrogens with one attached hydrogen (secondary N) is 1. The lowest BCUT2D eigenvalue weighted by molar-refractivity contribution is 0.109. The molecule has 2 saturated carbocycles. The molecule has 20 heavy (non-hydrogen) atoms. The predicted molar refractivity (Wildman–Crippen MR) is 87.9 cm³/mol. The highest BCUT2D eigenvalue weighted by Crippen LogP contribution is 2.39. The van der Waals surface area contributed by atoms with E-state index in [2.05, 4.69) is 45.0 Å². The minimum atomic E-state index is 0.743.